The van der Waals surface area contributed by atoms with Gasteiger partial charge < -0.3 is 9.80 Å². The first-order valence-electron chi connectivity index (χ1n) is 11.7. The van der Waals surface area contributed by atoms with Crippen molar-refractivity contribution >= 4 is 23.2 Å². The van der Waals surface area contributed by atoms with Gasteiger partial charge in [0.05, 0.1) is 13.1 Å². The summed E-state index contributed by atoms with van der Waals surface area (Å²) in [6.07, 6.45) is 2.33. The molecule has 2 aromatic rings. The van der Waals surface area contributed by atoms with Crippen LogP contribution in [0.15, 0.2) is 41.8 Å². The van der Waals surface area contributed by atoms with Gasteiger partial charge in [-0.2, -0.15) is 0 Å². The average Bonchev–Trinajstić information content (AvgIpc) is 3.10. The molecule has 0 spiro atoms. The Morgan fingerprint density at radius 2 is 1.69 bits per heavy atom. The van der Waals surface area contributed by atoms with Gasteiger partial charge in [0.1, 0.15) is 0 Å². The molecule has 0 bridgehead atoms. The molecular formula is C27H40N2O2S. The summed E-state index contributed by atoms with van der Waals surface area (Å²) in [7, 11) is 0. The zero-order valence-corrected chi connectivity index (χ0v) is 21.5. The molecule has 1 unspecified atom stereocenters. The maximum atomic E-state index is 13.4. The first-order valence-corrected chi connectivity index (χ1v) is 12.6. The van der Waals surface area contributed by atoms with Gasteiger partial charge in [0.25, 0.3) is 0 Å². The predicted molar refractivity (Wildman–Crippen MR) is 134 cm³/mol. The topological polar surface area (TPSA) is 40.6 Å². The van der Waals surface area contributed by atoms with Crippen LogP contribution in [0.3, 0.4) is 0 Å². The molecule has 5 heteroatoms. The number of thiophene rings is 1. The molecule has 0 saturated carbocycles. The normalized spacial score (nSPS) is 12.4. The molecule has 0 radical (unpaired) electrons. The van der Waals surface area contributed by atoms with Crippen molar-refractivity contribution in [2.75, 3.05) is 13.1 Å². The van der Waals surface area contributed by atoms with Crippen LogP contribution in [0, 0.1) is 18.3 Å². The number of nitrogens with zero attached hydrogens (tertiary/aromatic N) is 2. The minimum atomic E-state index is 0.00641. The fourth-order valence-electron chi connectivity index (χ4n) is 4.15. The summed E-state index contributed by atoms with van der Waals surface area (Å²) in [5, 5.41) is 2.07. The lowest BCUT2D eigenvalue weighted by Crippen LogP contribution is -2.43. The minimum Gasteiger partial charge on any atom is -0.333 e. The highest BCUT2D eigenvalue weighted by Crippen LogP contribution is 2.26. The number of rotatable bonds is 11. The summed E-state index contributed by atoms with van der Waals surface area (Å²) < 4.78 is 0. The van der Waals surface area contributed by atoms with Crippen molar-refractivity contribution in [3.8, 4) is 0 Å². The summed E-state index contributed by atoms with van der Waals surface area (Å²) in [5.74, 6) is 0.391. The molecule has 0 aliphatic rings. The summed E-state index contributed by atoms with van der Waals surface area (Å²) in [4.78, 5) is 31.4. The Labute approximate surface area is 198 Å². The Balaban J connectivity index is 2.12. The molecule has 0 fully saturated rings. The van der Waals surface area contributed by atoms with Crippen molar-refractivity contribution in [2.45, 2.75) is 73.9 Å². The third-order valence-electron chi connectivity index (χ3n) is 5.53. The maximum Gasteiger partial charge on any atom is 0.242 e. The van der Waals surface area contributed by atoms with Crippen LogP contribution in [0.1, 0.15) is 69.9 Å². The van der Waals surface area contributed by atoms with Crippen LogP contribution in [-0.4, -0.2) is 34.7 Å². The molecule has 176 valence electrons. The van der Waals surface area contributed by atoms with Crippen LogP contribution in [-0.2, 0) is 22.7 Å². The first kappa shape index (κ1) is 26.1. The SMILES string of the molecule is CCCN(CC(=O)N(Cc1ccccc1)Cc1sccc1C)C(=O)CC(C)CC(C)(C)C. The zero-order valence-electron chi connectivity index (χ0n) is 20.7. The van der Waals surface area contributed by atoms with E-state index in [1.165, 1.54) is 10.4 Å². The van der Waals surface area contributed by atoms with Crippen molar-refractivity contribution in [1.29, 1.82) is 0 Å². The van der Waals surface area contributed by atoms with Crippen molar-refractivity contribution in [3.63, 3.8) is 0 Å². The summed E-state index contributed by atoms with van der Waals surface area (Å²) in [6, 6.07) is 12.2. The maximum absolute atomic E-state index is 13.4. The van der Waals surface area contributed by atoms with Gasteiger partial charge in [0, 0.05) is 24.4 Å². The quantitative estimate of drug-likeness (QED) is 0.399. The Kier molecular flexibility index (Phi) is 9.95. The number of hydrogen-bond donors (Lipinski definition) is 0. The number of hydrogen-bond acceptors (Lipinski definition) is 3. The highest BCUT2D eigenvalue weighted by atomic mass is 32.1. The molecule has 0 N–H and O–H groups in total. The minimum absolute atomic E-state index is 0.00641. The fourth-order valence-corrected chi connectivity index (χ4v) is 5.07. The van der Waals surface area contributed by atoms with E-state index >= 15 is 0 Å². The second-order valence-electron chi connectivity index (χ2n) is 10.2. The molecule has 0 saturated heterocycles. The van der Waals surface area contributed by atoms with E-state index in [4.69, 9.17) is 0 Å². The first-order chi connectivity index (χ1) is 15.1. The Hall–Kier alpha value is -2.14. The van der Waals surface area contributed by atoms with Gasteiger partial charge in [-0.25, -0.2) is 0 Å². The molecule has 4 nitrogen and oxygen atoms in total. The highest BCUT2D eigenvalue weighted by Gasteiger charge is 2.24. The summed E-state index contributed by atoms with van der Waals surface area (Å²) in [6.45, 7) is 14.8. The van der Waals surface area contributed by atoms with Crippen LogP contribution in [0.2, 0.25) is 0 Å². The molecule has 1 aromatic heterocycles. The fraction of sp³-hybridized carbons (Fsp3) is 0.556. The largest absolute Gasteiger partial charge is 0.333 e. The molecule has 1 heterocycles. The van der Waals surface area contributed by atoms with E-state index in [9.17, 15) is 9.59 Å². The summed E-state index contributed by atoms with van der Waals surface area (Å²) >= 11 is 1.68. The van der Waals surface area contributed by atoms with E-state index in [1.54, 1.807) is 16.2 Å². The number of benzene rings is 1. The second-order valence-corrected chi connectivity index (χ2v) is 11.2. The molecule has 0 aliphatic heterocycles. The second kappa shape index (κ2) is 12.2. The predicted octanol–water partition coefficient (Wildman–Crippen LogP) is 6.29. The number of amides is 2. The lowest BCUT2D eigenvalue weighted by atomic mass is 9.84. The van der Waals surface area contributed by atoms with Crippen LogP contribution in [0.5, 0.6) is 0 Å². The van der Waals surface area contributed by atoms with E-state index in [2.05, 4.69) is 53.0 Å². The smallest absolute Gasteiger partial charge is 0.242 e. The van der Waals surface area contributed by atoms with Gasteiger partial charge in [-0.15, -0.1) is 11.3 Å². The molecule has 32 heavy (non-hydrogen) atoms. The standard InChI is InChI=1S/C27H40N2O2S/c1-7-14-28(25(30)16-21(2)17-27(4,5)6)20-26(31)29(18-23-11-9-8-10-12-23)19-24-22(3)13-15-32-24/h8-13,15,21H,7,14,16-20H2,1-6H3. The van der Waals surface area contributed by atoms with Gasteiger partial charge >= 0.3 is 0 Å². The molecular weight excluding hydrogens is 416 g/mol. The third kappa shape index (κ3) is 8.78. The van der Waals surface area contributed by atoms with Crippen LogP contribution >= 0.6 is 11.3 Å². The molecule has 1 atom stereocenters. The Morgan fingerprint density at radius 3 is 2.25 bits per heavy atom. The van der Waals surface area contributed by atoms with E-state index in [0.29, 0.717) is 32.0 Å². The van der Waals surface area contributed by atoms with Crippen molar-refractivity contribution in [3.05, 3.63) is 57.8 Å². The van der Waals surface area contributed by atoms with Gasteiger partial charge in [0.2, 0.25) is 11.8 Å². The van der Waals surface area contributed by atoms with Crippen molar-refractivity contribution in [1.82, 2.24) is 9.80 Å². The van der Waals surface area contributed by atoms with Gasteiger partial charge in [0.15, 0.2) is 0 Å². The molecule has 2 amide bonds. The van der Waals surface area contributed by atoms with Gasteiger partial charge in [-0.05, 0) is 53.7 Å². The lowest BCUT2D eigenvalue weighted by molar-refractivity contribution is -0.141. The van der Waals surface area contributed by atoms with Crippen molar-refractivity contribution in [2.24, 2.45) is 11.3 Å². The third-order valence-corrected chi connectivity index (χ3v) is 6.54. The van der Waals surface area contributed by atoms with E-state index in [1.807, 2.05) is 35.2 Å². The van der Waals surface area contributed by atoms with E-state index < -0.39 is 0 Å². The summed E-state index contributed by atoms with van der Waals surface area (Å²) in [5.41, 5.74) is 2.50. The number of aryl methyl sites for hydroxylation is 1. The monoisotopic (exact) mass is 456 g/mol. The van der Waals surface area contributed by atoms with Crippen LogP contribution < -0.4 is 0 Å². The van der Waals surface area contributed by atoms with Gasteiger partial charge in [-0.1, -0.05) is 65.0 Å². The lowest BCUT2D eigenvalue weighted by Gasteiger charge is -2.29. The molecule has 0 aliphatic carbocycles. The van der Waals surface area contributed by atoms with Gasteiger partial charge in [-0.3, -0.25) is 9.59 Å². The average molecular weight is 457 g/mol. The van der Waals surface area contributed by atoms with E-state index in [0.717, 1.165) is 18.4 Å². The highest BCUT2D eigenvalue weighted by molar-refractivity contribution is 7.10. The van der Waals surface area contributed by atoms with Crippen LogP contribution in [0.25, 0.3) is 0 Å². The van der Waals surface area contributed by atoms with Crippen LogP contribution in [0.4, 0.5) is 0 Å². The molecule has 2 rings (SSSR count). The van der Waals surface area contributed by atoms with E-state index in [-0.39, 0.29) is 23.8 Å². The Morgan fingerprint density at radius 1 is 1.00 bits per heavy atom. The van der Waals surface area contributed by atoms with Crippen molar-refractivity contribution < 1.29 is 9.59 Å². The number of carbonyl (C=O) groups is 2. The molecule has 1 aromatic carbocycles. The zero-order chi connectivity index (χ0) is 23.7. The Bertz CT molecular complexity index is 854. The number of carbonyl (C=O) groups excluding carboxylic acids is 2.